The van der Waals surface area contributed by atoms with Crippen LogP contribution in [0.25, 0.3) is 0 Å². The van der Waals surface area contributed by atoms with E-state index in [0.29, 0.717) is 21.2 Å². The smallest absolute Gasteiger partial charge is 0.245 e. The van der Waals surface area contributed by atoms with Gasteiger partial charge in [0, 0.05) is 27.7 Å². The van der Waals surface area contributed by atoms with Crippen molar-refractivity contribution in [3.05, 3.63) is 21.1 Å². The Morgan fingerprint density at radius 3 is 2.24 bits per heavy atom. The summed E-state index contributed by atoms with van der Waals surface area (Å²) in [4.78, 5) is 11.7. The van der Waals surface area contributed by atoms with Crippen molar-refractivity contribution in [3.63, 3.8) is 0 Å². The number of sulfonamides is 1. The molecule has 0 aliphatic heterocycles. The number of rotatable bonds is 6. The number of hydrogen-bond donors (Lipinski definition) is 2. The quantitative estimate of drug-likeness (QED) is 0.658. The van der Waals surface area contributed by atoms with Gasteiger partial charge in [-0.2, -0.15) is 4.31 Å². The summed E-state index contributed by atoms with van der Waals surface area (Å²) in [6.07, 6.45) is 0. The highest BCUT2D eigenvalue weighted by atomic mass is 79.9. The third-order valence-corrected chi connectivity index (χ3v) is 6.46. The number of anilines is 1. The Kier molecular flexibility index (Phi) is 6.64. The number of nitrogen functional groups attached to an aromatic ring is 1. The molecule has 0 atom stereocenters. The first-order valence-corrected chi connectivity index (χ1v) is 9.28. The number of nitrogens with one attached hydrogen (secondary N) is 1. The standard InChI is InChI=1S/C12H17Br2N3O3S/c1-3-16-11(18)7-17(4-2)21(19,20)12-9(13)5-8(15)6-10(12)14/h5-6H,3-4,7,15H2,1-2H3,(H,16,18). The second-order valence-corrected chi connectivity index (χ2v) is 7.78. The van der Waals surface area contributed by atoms with Crippen LogP contribution < -0.4 is 11.1 Å². The molecule has 0 spiro atoms. The number of likely N-dealkylation sites (N-methyl/N-ethyl adjacent to an activating group) is 2. The molecule has 0 unspecified atom stereocenters. The van der Waals surface area contributed by atoms with Crippen LogP contribution >= 0.6 is 31.9 Å². The molecule has 118 valence electrons. The summed E-state index contributed by atoms with van der Waals surface area (Å²) in [5.41, 5.74) is 6.10. The van der Waals surface area contributed by atoms with Gasteiger partial charge in [-0.25, -0.2) is 8.42 Å². The SMILES string of the molecule is CCNC(=O)CN(CC)S(=O)(=O)c1c(Br)cc(N)cc1Br. The maximum absolute atomic E-state index is 12.7. The van der Waals surface area contributed by atoms with E-state index in [1.807, 2.05) is 0 Å². The Hall–Kier alpha value is -0.640. The average molecular weight is 443 g/mol. The Labute approximate surface area is 141 Å². The number of nitrogens with two attached hydrogens (primary N) is 1. The Balaban J connectivity index is 3.23. The van der Waals surface area contributed by atoms with Crippen LogP contribution in [0.2, 0.25) is 0 Å². The van der Waals surface area contributed by atoms with E-state index in [-0.39, 0.29) is 23.9 Å². The summed E-state index contributed by atoms with van der Waals surface area (Å²) in [5.74, 6) is -0.342. The van der Waals surface area contributed by atoms with Crippen LogP contribution in [-0.4, -0.2) is 38.3 Å². The molecule has 3 N–H and O–H groups in total. The predicted molar refractivity (Wildman–Crippen MR) is 89.4 cm³/mol. The minimum Gasteiger partial charge on any atom is -0.399 e. The summed E-state index contributed by atoms with van der Waals surface area (Å²) in [6, 6.07) is 3.02. The van der Waals surface area contributed by atoms with Crippen molar-refractivity contribution >= 4 is 53.5 Å². The number of nitrogens with zero attached hydrogens (tertiary/aromatic N) is 1. The van der Waals surface area contributed by atoms with Gasteiger partial charge in [-0.3, -0.25) is 4.79 Å². The highest BCUT2D eigenvalue weighted by Crippen LogP contribution is 2.34. The van der Waals surface area contributed by atoms with Crippen LogP contribution in [0.1, 0.15) is 13.8 Å². The maximum atomic E-state index is 12.7. The van der Waals surface area contributed by atoms with Crippen LogP contribution in [0.3, 0.4) is 0 Å². The molecular weight excluding hydrogens is 426 g/mol. The maximum Gasteiger partial charge on any atom is 0.245 e. The van der Waals surface area contributed by atoms with Crippen LogP contribution in [0.4, 0.5) is 5.69 Å². The molecular formula is C12H17Br2N3O3S. The van der Waals surface area contributed by atoms with Crippen LogP contribution in [0.5, 0.6) is 0 Å². The molecule has 0 saturated heterocycles. The van der Waals surface area contributed by atoms with E-state index < -0.39 is 10.0 Å². The molecule has 1 amide bonds. The highest BCUT2D eigenvalue weighted by molar-refractivity contribution is 9.11. The van der Waals surface area contributed by atoms with E-state index in [9.17, 15) is 13.2 Å². The third-order valence-electron chi connectivity index (χ3n) is 2.67. The van der Waals surface area contributed by atoms with Crippen molar-refractivity contribution < 1.29 is 13.2 Å². The lowest BCUT2D eigenvalue weighted by atomic mass is 10.3. The van der Waals surface area contributed by atoms with E-state index >= 15 is 0 Å². The van der Waals surface area contributed by atoms with Crippen molar-refractivity contribution in [1.82, 2.24) is 9.62 Å². The lowest BCUT2D eigenvalue weighted by Crippen LogP contribution is -2.40. The second-order valence-electron chi connectivity index (χ2n) is 4.20. The van der Waals surface area contributed by atoms with E-state index in [2.05, 4.69) is 37.2 Å². The molecule has 1 aromatic rings. The Morgan fingerprint density at radius 2 is 1.81 bits per heavy atom. The fraction of sp³-hybridized carbons (Fsp3) is 0.417. The fourth-order valence-corrected chi connectivity index (χ4v) is 5.68. The Morgan fingerprint density at radius 1 is 1.29 bits per heavy atom. The lowest BCUT2D eigenvalue weighted by Gasteiger charge is -2.21. The molecule has 9 heteroatoms. The first-order chi connectivity index (χ1) is 9.73. The van der Waals surface area contributed by atoms with E-state index in [0.717, 1.165) is 4.31 Å². The summed E-state index contributed by atoms with van der Waals surface area (Å²) in [6.45, 7) is 3.86. The number of amides is 1. The van der Waals surface area contributed by atoms with E-state index in [1.165, 1.54) is 12.1 Å². The third kappa shape index (κ3) is 4.41. The number of hydrogen-bond acceptors (Lipinski definition) is 4. The van der Waals surface area contributed by atoms with Gasteiger partial charge in [0.05, 0.1) is 6.54 Å². The van der Waals surface area contributed by atoms with Crippen molar-refractivity contribution in [2.24, 2.45) is 0 Å². The summed E-state index contributed by atoms with van der Waals surface area (Å²) < 4.78 is 27.2. The largest absolute Gasteiger partial charge is 0.399 e. The van der Waals surface area contributed by atoms with Gasteiger partial charge in [0.15, 0.2) is 0 Å². The van der Waals surface area contributed by atoms with Gasteiger partial charge in [0.25, 0.3) is 0 Å². The molecule has 6 nitrogen and oxygen atoms in total. The zero-order valence-electron chi connectivity index (χ0n) is 11.7. The molecule has 0 heterocycles. The van der Waals surface area contributed by atoms with Crippen LogP contribution in [0.15, 0.2) is 26.0 Å². The topological polar surface area (TPSA) is 92.5 Å². The number of halogens is 2. The van der Waals surface area contributed by atoms with Gasteiger partial charge in [-0.05, 0) is 50.9 Å². The molecule has 1 rings (SSSR count). The van der Waals surface area contributed by atoms with Gasteiger partial charge in [0.2, 0.25) is 15.9 Å². The lowest BCUT2D eigenvalue weighted by molar-refractivity contribution is -0.121. The van der Waals surface area contributed by atoms with Crippen molar-refractivity contribution in [3.8, 4) is 0 Å². The van der Waals surface area contributed by atoms with E-state index in [4.69, 9.17) is 5.73 Å². The van der Waals surface area contributed by atoms with Gasteiger partial charge in [-0.15, -0.1) is 0 Å². The van der Waals surface area contributed by atoms with Crippen molar-refractivity contribution in [1.29, 1.82) is 0 Å². The zero-order valence-corrected chi connectivity index (χ0v) is 15.7. The first kappa shape index (κ1) is 18.4. The Bertz CT molecular complexity index is 612. The van der Waals surface area contributed by atoms with Gasteiger partial charge >= 0.3 is 0 Å². The molecule has 1 aromatic carbocycles. The van der Waals surface area contributed by atoms with Crippen molar-refractivity contribution in [2.75, 3.05) is 25.4 Å². The van der Waals surface area contributed by atoms with E-state index in [1.54, 1.807) is 13.8 Å². The molecule has 0 bridgehead atoms. The van der Waals surface area contributed by atoms with Crippen LogP contribution in [0, 0.1) is 0 Å². The first-order valence-electron chi connectivity index (χ1n) is 6.25. The van der Waals surface area contributed by atoms with Gasteiger partial charge in [-0.1, -0.05) is 6.92 Å². The van der Waals surface area contributed by atoms with Gasteiger partial charge in [0.1, 0.15) is 4.90 Å². The molecule has 21 heavy (non-hydrogen) atoms. The number of carbonyl (C=O) groups is 1. The molecule has 0 aliphatic rings. The number of benzene rings is 1. The van der Waals surface area contributed by atoms with Crippen molar-refractivity contribution in [2.45, 2.75) is 18.7 Å². The van der Waals surface area contributed by atoms with Crippen LogP contribution in [-0.2, 0) is 14.8 Å². The molecule has 0 aromatic heterocycles. The minimum atomic E-state index is -3.82. The molecule has 0 saturated carbocycles. The summed E-state index contributed by atoms with van der Waals surface area (Å²) in [7, 11) is -3.82. The summed E-state index contributed by atoms with van der Waals surface area (Å²) in [5, 5.41) is 2.58. The normalized spacial score (nSPS) is 11.7. The highest BCUT2D eigenvalue weighted by Gasteiger charge is 2.29. The van der Waals surface area contributed by atoms with Gasteiger partial charge < -0.3 is 11.1 Å². The monoisotopic (exact) mass is 441 g/mol. The number of carbonyl (C=O) groups excluding carboxylic acids is 1. The summed E-state index contributed by atoms with van der Waals surface area (Å²) >= 11 is 6.42. The minimum absolute atomic E-state index is 0.0582. The average Bonchev–Trinajstić information content (AvgIpc) is 2.34. The predicted octanol–water partition coefficient (Wildman–Crippen LogP) is 1.94. The zero-order chi connectivity index (χ0) is 16.2. The fourth-order valence-electron chi connectivity index (χ4n) is 1.74. The molecule has 0 fully saturated rings. The molecule has 0 radical (unpaired) electrons. The second kappa shape index (κ2) is 7.57. The molecule has 0 aliphatic carbocycles.